The van der Waals surface area contributed by atoms with Crippen LogP contribution in [0.3, 0.4) is 0 Å². The maximum absolute atomic E-state index is 9.77. The summed E-state index contributed by atoms with van der Waals surface area (Å²) in [5, 5.41) is 38.9. The number of aliphatic hydroxyl groups is 2. The molecule has 1 aliphatic rings. The van der Waals surface area contributed by atoms with Crippen LogP contribution in [0.25, 0.3) is 11.0 Å². The summed E-state index contributed by atoms with van der Waals surface area (Å²) in [6, 6.07) is 3.90. The molecule has 1 aromatic heterocycles. The molecule has 12 heteroatoms. The number of aliphatic imine (C=N–C) groups is 1. The third kappa shape index (κ3) is 5.32. The van der Waals surface area contributed by atoms with Crippen LogP contribution < -0.4 is 10.6 Å². The van der Waals surface area contributed by atoms with Crippen LogP contribution in [0.5, 0.6) is 0 Å². The Morgan fingerprint density at radius 2 is 1.74 bits per heavy atom. The van der Waals surface area contributed by atoms with Crippen molar-refractivity contribution in [3.8, 4) is 0 Å². The molecule has 144 valence electrons. The first-order chi connectivity index (χ1) is 12.8. The van der Waals surface area contributed by atoms with Crippen LogP contribution in [0.1, 0.15) is 0 Å². The summed E-state index contributed by atoms with van der Waals surface area (Å²) < 4.78 is 0.902. The molecule has 2 heterocycles. The highest BCUT2D eigenvalue weighted by Gasteiger charge is 2.29. The first-order valence-electron chi connectivity index (χ1n) is 7.57. The van der Waals surface area contributed by atoms with E-state index >= 15 is 0 Å². The zero-order valence-electron chi connectivity index (χ0n) is 13.7. The highest BCUT2D eigenvalue weighted by atomic mass is 79.9. The fourth-order valence-corrected chi connectivity index (χ4v) is 2.52. The molecule has 27 heavy (non-hydrogen) atoms. The summed E-state index contributed by atoms with van der Waals surface area (Å²) in [5.74, 6) is -2.74. The van der Waals surface area contributed by atoms with E-state index in [1.165, 1.54) is 0 Å². The lowest BCUT2D eigenvalue weighted by atomic mass is 10.2. The molecule has 0 radical (unpaired) electrons. The van der Waals surface area contributed by atoms with Gasteiger partial charge in [0.2, 0.25) is 0 Å². The summed E-state index contributed by atoms with van der Waals surface area (Å²) in [6.45, 7) is 1.70. The van der Waals surface area contributed by atoms with E-state index in [9.17, 15) is 9.59 Å². The maximum Gasteiger partial charge on any atom is 0.335 e. The summed E-state index contributed by atoms with van der Waals surface area (Å²) in [5.41, 5.74) is 2.65. The number of guanidine groups is 1. The van der Waals surface area contributed by atoms with Gasteiger partial charge in [0, 0.05) is 18.9 Å². The molecule has 2 aromatic rings. The highest BCUT2D eigenvalue weighted by Crippen LogP contribution is 2.28. The quantitative estimate of drug-likeness (QED) is 0.367. The van der Waals surface area contributed by atoms with Gasteiger partial charge in [-0.2, -0.15) is 0 Å². The average molecular weight is 442 g/mol. The van der Waals surface area contributed by atoms with Crippen molar-refractivity contribution in [3.05, 3.63) is 29.0 Å². The normalized spacial score (nSPS) is 15.0. The Hall–Kier alpha value is -2.83. The lowest BCUT2D eigenvalue weighted by Crippen LogP contribution is -2.39. The van der Waals surface area contributed by atoms with E-state index in [-0.39, 0.29) is 0 Å². The summed E-state index contributed by atoms with van der Waals surface area (Å²) in [7, 11) is 0. The van der Waals surface area contributed by atoms with Gasteiger partial charge >= 0.3 is 11.9 Å². The molecule has 1 aliphatic heterocycles. The molecular formula is C15H16BrN5O6. The van der Waals surface area contributed by atoms with Gasteiger partial charge in [0.25, 0.3) is 0 Å². The molecule has 0 fully saturated rings. The molecule has 11 nitrogen and oxygen atoms in total. The third-order valence-corrected chi connectivity index (χ3v) is 4.11. The molecule has 1 aromatic carbocycles. The van der Waals surface area contributed by atoms with Gasteiger partial charge in [0.05, 0.1) is 22.2 Å². The Morgan fingerprint density at radius 1 is 1.11 bits per heavy atom. The van der Waals surface area contributed by atoms with Gasteiger partial charge in [-0.3, -0.25) is 15.0 Å². The van der Waals surface area contributed by atoms with Gasteiger partial charge in [-0.1, -0.05) is 0 Å². The van der Waals surface area contributed by atoms with Gasteiger partial charge in [-0.15, -0.1) is 0 Å². The minimum atomic E-state index is -2.27. The number of halogens is 1. The fraction of sp³-hybridized carbons (Fsp3) is 0.267. The predicted octanol–water partition coefficient (Wildman–Crippen LogP) is -0.359. The number of nitrogens with zero attached hydrogens (tertiary/aromatic N) is 3. The smallest absolute Gasteiger partial charge is 0.335 e. The molecular weight excluding hydrogens is 426 g/mol. The molecule has 0 aliphatic carbocycles. The topological polar surface area (TPSA) is 177 Å². The number of carboxylic acid groups (broad SMARTS) is 2. The molecule has 0 saturated heterocycles. The fourth-order valence-electron chi connectivity index (χ4n) is 1.98. The second-order valence-electron chi connectivity index (χ2n) is 5.20. The van der Waals surface area contributed by atoms with Gasteiger partial charge in [-0.05, 0) is 28.1 Å². The van der Waals surface area contributed by atoms with E-state index in [0.29, 0.717) is 0 Å². The first kappa shape index (κ1) is 20.5. The van der Waals surface area contributed by atoms with Crippen molar-refractivity contribution in [2.45, 2.75) is 12.2 Å². The summed E-state index contributed by atoms with van der Waals surface area (Å²) in [6.07, 6.45) is -1.16. The third-order valence-electron chi connectivity index (χ3n) is 3.31. The first-order valence-corrected chi connectivity index (χ1v) is 8.37. The van der Waals surface area contributed by atoms with E-state index < -0.39 is 24.1 Å². The molecule has 2 atom stereocenters. The molecule has 0 spiro atoms. The van der Waals surface area contributed by atoms with Crippen molar-refractivity contribution >= 4 is 50.5 Å². The van der Waals surface area contributed by atoms with E-state index in [4.69, 9.17) is 20.4 Å². The Labute approximate surface area is 160 Å². The van der Waals surface area contributed by atoms with Crippen LogP contribution in [0.4, 0.5) is 5.69 Å². The highest BCUT2D eigenvalue weighted by molar-refractivity contribution is 9.10. The monoisotopic (exact) mass is 441 g/mol. The van der Waals surface area contributed by atoms with E-state index in [2.05, 4.69) is 41.5 Å². The summed E-state index contributed by atoms with van der Waals surface area (Å²) in [4.78, 5) is 32.4. The second-order valence-corrected chi connectivity index (χ2v) is 5.99. The van der Waals surface area contributed by atoms with Gasteiger partial charge in [0.15, 0.2) is 18.2 Å². The predicted molar refractivity (Wildman–Crippen MR) is 98.5 cm³/mol. The average Bonchev–Trinajstić information content (AvgIpc) is 3.16. The molecule has 0 saturated carbocycles. The number of benzene rings is 1. The number of carbonyl (C=O) groups is 2. The van der Waals surface area contributed by atoms with Gasteiger partial charge in [0.1, 0.15) is 5.52 Å². The Kier molecular flexibility index (Phi) is 6.98. The zero-order chi connectivity index (χ0) is 20.0. The largest absolute Gasteiger partial charge is 0.479 e. The van der Waals surface area contributed by atoms with Crippen LogP contribution in [0, 0.1) is 0 Å². The number of anilines is 1. The Bertz CT molecular complexity index is 859. The number of hydrogen-bond acceptors (Lipinski definition) is 9. The van der Waals surface area contributed by atoms with Crippen LogP contribution in [-0.2, 0) is 9.59 Å². The number of rotatable bonds is 4. The maximum atomic E-state index is 9.77. The minimum absolute atomic E-state index is 0.800. The lowest BCUT2D eigenvalue weighted by molar-refractivity contribution is -0.165. The molecule has 0 bridgehead atoms. The molecule has 3 rings (SSSR count). The number of carboxylic acids is 2. The Balaban J connectivity index is 0.000000227. The van der Waals surface area contributed by atoms with Crippen LogP contribution in [0.2, 0.25) is 0 Å². The number of hydrogen-bond donors (Lipinski definition) is 6. The number of nitrogens with one attached hydrogen (secondary N) is 2. The van der Waals surface area contributed by atoms with E-state index in [1.54, 1.807) is 12.4 Å². The standard InChI is InChI=1S/C11H10BrN5.C4H6O6/c12-9-7(17-11-15-5-6-16-11)1-2-8-10(9)14-4-3-13-8;5-1(3(7)8)2(6)4(9)10/h1-4H,5-6H2,(H2,15,16,17);1-2,5-6H,(H,7,8)(H,9,10)/t;1-,2+. The number of fused-ring (bicyclic) bond motifs is 1. The van der Waals surface area contributed by atoms with Crippen LogP contribution >= 0.6 is 15.9 Å². The van der Waals surface area contributed by atoms with Crippen LogP contribution in [0.15, 0.2) is 34.0 Å². The van der Waals surface area contributed by atoms with Crippen molar-refractivity contribution in [2.24, 2.45) is 4.99 Å². The SMILES string of the molecule is Brc1c(NC2=NCCN2)ccc2nccnc12.O=C(O)[C@@H](O)[C@@H](O)C(=O)O. The molecule has 0 amide bonds. The lowest BCUT2D eigenvalue weighted by Gasteiger charge is -2.09. The van der Waals surface area contributed by atoms with Crippen molar-refractivity contribution in [1.82, 2.24) is 15.3 Å². The van der Waals surface area contributed by atoms with Crippen molar-refractivity contribution in [1.29, 1.82) is 0 Å². The second kappa shape index (κ2) is 9.21. The van der Waals surface area contributed by atoms with Gasteiger partial charge < -0.3 is 31.1 Å². The number of aliphatic carboxylic acids is 2. The van der Waals surface area contributed by atoms with Crippen molar-refractivity contribution in [2.75, 3.05) is 18.4 Å². The Morgan fingerprint density at radius 3 is 2.30 bits per heavy atom. The van der Waals surface area contributed by atoms with Crippen LogP contribution in [-0.4, -0.2) is 73.6 Å². The molecule has 6 N–H and O–H groups in total. The van der Waals surface area contributed by atoms with E-state index in [0.717, 1.165) is 40.2 Å². The minimum Gasteiger partial charge on any atom is -0.479 e. The number of aromatic nitrogens is 2. The van der Waals surface area contributed by atoms with Crippen molar-refractivity contribution < 1.29 is 30.0 Å². The van der Waals surface area contributed by atoms with Crippen molar-refractivity contribution in [3.63, 3.8) is 0 Å². The van der Waals surface area contributed by atoms with Gasteiger partial charge in [-0.25, -0.2) is 9.59 Å². The molecule has 0 unspecified atom stereocenters. The number of aliphatic hydroxyl groups excluding tert-OH is 2. The zero-order valence-corrected chi connectivity index (χ0v) is 15.3. The van der Waals surface area contributed by atoms with E-state index in [1.807, 2.05) is 12.1 Å². The summed E-state index contributed by atoms with van der Waals surface area (Å²) >= 11 is 3.54.